The van der Waals surface area contributed by atoms with Gasteiger partial charge in [0.25, 0.3) is 0 Å². The van der Waals surface area contributed by atoms with Gasteiger partial charge in [-0.3, -0.25) is 13.2 Å². The number of ether oxygens (including phenoxy) is 7. The van der Waals surface area contributed by atoms with Crippen LogP contribution in [0.1, 0.15) is 154 Å². The summed E-state index contributed by atoms with van der Waals surface area (Å²) in [5.74, 6) is 6.12. The SMILES string of the molecule is COc1ccc(C2=C(c3ccc(O)cc3)COc3c2ccc(O)c3C)cc1C.COc1ccc(C2c3ccc(O)c(C)c3OCC2c2ccc(O)cc2)cc1C.COc1ccccc1C.Cc1ccc(C2COc3c(ccc(-n4nnc5ccccc54)c3C)C2(O)c2ccc(C)c(C)c2)cc1.Cc1ccc(C2COc3c(ccc(-n4nnc5ccccc54)c3C)C2=O)cc1.[2H]S(C)=O.[2H]S(C)=O.[Br-].[H-].[HH].[Mg+2]. The molecule has 7 atom stereocenters. The number of carbonyl (C=O) groups is 1. The number of phenols is 4. The molecular formula is C112H115BrMgN6O15S2. The van der Waals surface area contributed by atoms with Crippen molar-refractivity contribution in [1.29, 1.82) is 2.25 Å². The van der Waals surface area contributed by atoms with Gasteiger partial charge in [-0.25, -0.2) is 9.36 Å². The molecule has 14 aromatic carbocycles. The first-order chi connectivity index (χ1) is 65.8. The number of halogens is 1. The van der Waals surface area contributed by atoms with Gasteiger partial charge in [0.2, 0.25) is 0 Å². The second-order valence-electron chi connectivity index (χ2n) is 33.7. The van der Waals surface area contributed by atoms with E-state index in [-0.39, 0.29) is 95.3 Å². The van der Waals surface area contributed by atoms with Gasteiger partial charge < -0.3 is 77.1 Å². The molecule has 0 amide bonds. The number of hydrogen-bond acceptors (Lipinski definition) is 19. The number of nitrogens with zero attached hydrogens (tertiary/aromatic N) is 6. The smallest absolute Gasteiger partial charge is 1.00 e. The van der Waals surface area contributed by atoms with Gasteiger partial charge >= 0.3 is 23.1 Å². The summed E-state index contributed by atoms with van der Waals surface area (Å²) >= 11 is -2.72. The number of thiol groups is 2. The van der Waals surface area contributed by atoms with E-state index >= 15 is 0 Å². The monoisotopic (exact) mass is 1950 g/mol. The van der Waals surface area contributed by atoms with Crippen LogP contribution in [0.25, 0.3) is 44.6 Å². The standard InChI is InChI=1S/C31H29N3O2.C24H24O4.C24H22O4.C23H19N3O2.C8H10O.2CH4OS.BrH.Mg.H2.H/c1-19-9-12-23(13-10-19)26-18-36-30-22(4)28(34-29-8-6-5-7-27(29)32-33-34)16-15-25(30)31(26,35)24-14-11-20(2)21(3)17-24;2*1-14-12-17(6-11-22(14)27-3)23-19-9-10-21(26)15(2)24(19)28-13-20(23)16-4-7-18(25)8-5-16;1-14-7-9-16(10-8-14)18-13-28-23-15(2)20(12-11-17(23)22(18)27)26-21-6-4-3-5-19(21)24-25-26;1-7-5-3-4-6-8(7)9-2;2*1-3-2;;;;/h5-17,26,35H,18H2,1-4H3;4-12,20,23,25-26H,13H2,1-3H3;4-12,25-26H,13H2,1-3H3;3-12,18H,13H2,1-2H3;3-6H,1-2H3;2*3H,1H3;1H;;1H;/q;;;;;;;;+2;;-1/p-1/i;;;;;2*3D;;;;. The Morgan fingerprint density at radius 2 is 0.920 bits per heavy atom. The molecule has 25 heteroatoms. The van der Waals surface area contributed by atoms with Gasteiger partial charge in [-0.15, -0.1) is 10.2 Å². The third-order valence-electron chi connectivity index (χ3n) is 25.3. The van der Waals surface area contributed by atoms with Crippen molar-refractivity contribution in [3.8, 4) is 74.6 Å². The third kappa shape index (κ3) is 22.0. The second kappa shape index (κ2) is 46.0. The quantitative estimate of drug-likeness (QED) is 0.0442. The van der Waals surface area contributed by atoms with E-state index in [0.29, 0.717) is 49.2 Å². The first kappa shape index (κ1) is 99.6. The zero-order chi connectivity index (χ0) is 97.8. The fraction of sp³-hybridized carbons (Fsp3) is 0.223. The van der Waals surface area contributed by atoms with Gasteiger partial charge in [0.1, 0.15) is 95.3 Å². The number of aryl methyl sites for hydroxylation is 7. The van der Waals surface area contributed by atoms with Crippen LogP contribution in [0, 0.1) is 76.2 Å². The van der Waals surface area contributed by atoms with Gasteiger partial charge in [0.15, 0.2) is 5.78 Å². The average molecular weight is 1960 g/mol. The van der Waals surface area contributed by atoms with E-state index in [1.165, 1.54) is 40.3 Å². The normalized spacial score (nSPS) is 16.3. The number of fused-ring (bicyclic) bond motifs is 6. The van der Waals surface area contributed by atoms with Crippen molar-refractivity contribution in [2.24, 2.45) is 0 Å². The molecule has 16 aromatic rings. The summed E-state index contributed by atoms with van der Waals surface area (Å²) in [6, 6.07) is 88.3. The summed E-state index contributed by atoms with van der Waals surface area (Å²) in [4.78, 5) is 13.1. The van der Waals surface area contributed by atoms with Crippen molar-refractivity contribution in [3.05, 3.63) is 395 Å². The molecule has 704 valence electrons. The summed E-state index contributed by atoms with van der Waals surface area (Å²) in [6.07, 6.45) is 2.61. The molecule has 6 heterocycles. The van der Waals surface area contributed by atoms with Crippen LogP contribution in [0.15, 0.2) is 273 Å². The molecule has 7 unspecified atom stereocenters. The summed E-state index contributed by atoms with van der Waals surface area (Å²) in [5.41, 5.74) is 28.0. The first-order valence-corrected chi connectivity index (χ1v) is 46.5. The fourth-order valence-corrected chi connectivity index (χ4v) is 17.8. The van der Waals surface area contributed by atoms with E-state index in [0.717, 1.165) is 157 Å². The number of carbonyl (C=O) groups excluding carboxylic acids is 1. The van der Waals surface area contributed by atoms with E-state index in [9.17, 15) is 38.7 Å². The molecule has 0 spiro atoms. The minimum absolute atomic E-state index is 0. The van der Waals surface area contributed by atoms with Gasteiger partial charge in [-0.1, -0.05) is 179 Å². The minimum atomic E-state index is -1.36. The molecule has 4 aliphatic heterocycles. The summed E-state index contributed by atoms with van der Waals surface area (Å²) in [7, 11) is 5.03. The van der Waals surface area contributed by atoms with E-state index in [4.69, 9.17) is 35.4 Å². The molecule has 0 bridgehead atoms. The predicted octanol–water partition coefficient (Wildman–Crippen LogP) is 18.7. The maximum atomic E-state index is 13.1. The minimum Gasteiger partial charge on any atom is -1.00 e. The Hall–Kier alpha value is -13.4. The molecular weight excluding hydrogens is 1840 g/mol. The number of methoxy groups -OCH3 is 3. The van der Waals surface area contributed by atoms with E-state index in [1.54, 1.807) is 62.4 Å². The Labute approximate surface area is 838 Å². The van der Waals surface area contributed by atoms with E-state index < -0.39 is 28.7 Å². The Kier molecular flexibility index (Phi) is 33.4. The Morgan fingerprint density at radius 3 is 1.49 bits per heavy atom. The number of benzene rings is 14. The van der Waals surface area contributed by atoms with Crippen molar-refractivity contribution < 1.29 is 91.7 Å². The Balaban J connectivity index is 0.000000182. The summed E-state index contributed by atoms with van der Waals surface area (Å²) in [6.45, 7) is 23.7. The zero-order valence-corrected chi connectivity index (χ0v) is 84.2. The molecule has 4 aliphatic rings. The Bertz CT molecular complexity index is 7180. The van der Waals surface area contributed by atoms with Crippen LogP contribution in [0.5, 0.6) is 63.2 Å². The Morgan fingerprint density at radius 1 is 0.445 bits per heavy atom. The predicted molar refractivity (Wildman–Crippen MR) is 546 cm³/mol. The molecule has 2 aromatic heterocycles. The number of ketones is 1. The van der Waals surface area contributed by atoms with Crippen LogP contribution in [0.3, 0.4) is 0 Å². The van der Waals surface area contributed by atoms with Gasteiger partial charge in [0.05, 0.1) is 74.4 Å². The maximum Gasteiger partial charge on any atom is 2.00 e. The molecule has 0 radical (unpaired) electrons. The number of rotatable bonds is 12. The van der Waals surface area contributed by atoms with Crippen LogP contribution in [-0.2, 0) is 28.7 Å². The maximum absolute atomic E-state index is 13.1. The molecule has 0 saturated heterocycles. The topological polar surface area (TPSA) is 278 Å². The van der Waals surface area contributed by atoms with Crippen molar-refractivity contribution in [2.75, 3.05) is 60.3 Å². The fourth-order valence-electron chi connectivity index (χ4n) is 17.8. The number of Topliss-reactive ketones (excluding diaryl/α,β-unsaturated/α-hetero) is 1. The molecule has 5 N–H and O–H groups in total. The van der Waals surface area contributed by atoms with Crippen LogP contribution >= 0.6 is 0 Å². The zero-order valence-electron chi connectivity index (χ0n) is 82.5. The van der Waals surface area contributed by atoms with E-state index in [2.05, 4.69) is 96.0 Å². The number of aromatic nitrogens is 6. The molecule has 0 fully saturated rings. The molecule has 0 aliphatic carbocycles. The van der Waals surface area contributed by atoms with Crippen molar-refractivity contribution in [1.82, 2.24) is 30.0 Å². The number of aromatic hydroxyl groups is 4. The molecule has 0 saturated carbocycles. The van der Waals surface area contributed by atoms with Crippen LogP contribution < -0.4 is 50.1 Å². The number of phenolic OH excluding ortho intramolecular Hbond substituents is 4. The van der Waals surface area contributed by atoms with Crippen molar-refractivity contribution in [2.45, 2.75) is 105 Å². The summed E-state index contributed by atoms with van der Waals surface area (Å²) in [5, 5.41) is 69.6. The first-order valence-electron chi connectivity index (χ1n) is 45.0. The third-order valence-corrected chi connectivity index (χ3v) is 25.3. The molecule has 137 heavy (non-hydrogen) atoms. The van der Waals surface area contributed by atoms with Gasteiger partial charge in [-0.05, 0) is 264 Å². The second-order valence-corrected chi connectivity index (χ2v) is 34.4. The van der Waals surface area contributed by atoms with Crippen molar-refractivity contribution >= 4 is 85.2 Å². The largest absolute Gasteiger partial charge is 2.00 e. The number of hydrogen-bond donors (Lipinski definition) is 7. The van der Waals surface area contributed by atoms with Gasteiger partial charge in [0, 0.05) is 93.4 Å². The van der Waals surface area contributed by atoms with Crippen LogP contribution in [0.2, 0.25) is 0 Å². The van der Waals surface area contributed by atoms with Crippen molar-refractivity contribution in [3.63, 3.8) is 0 Å². The molecule has 21 nitrogen and oxygen atoms in total. The van der Waals surface area contributed by atoms with Crippen LogP contribution in [-0.4, -0.2) is 155 Å². The summed E-state index contributed by atoms with van der Waals surface area (Å²) < 4.78 is 74.8. The number of aliphatic hydroxyl groups is 1. The average Bonchev–Trinajstić information content (AvgIpc) is 1.41. The van der Waals surface area contributed by atoms with E-state index in [1.807, 2.05) is 242 Å². The molecule has 20 rings (SSSR count). The van der Waals surface area contributed by atoms with Crippen LogP contribution in [0.4, 0.5) is 0 Å². The number of para-hydroxylation sites is 3. The van der Waals surface area contributed by atoms with Gasteiger partial charge in [-0.2, -0.15) is 0 Å².